The Kier molecular flexibility index (Phi) is 4.17. The Labute approximate surface area is 135 Å². The SMILES string of the molecule is COc1cc(C(C)N)cc(-c2cccc3cccnc23)c1OC. The average Bonchev–Trinajstić information content (AvgIpc) is 2.59. The lowest BCUT2D eigenvalue weighted by molar-refractivity contribution is 0.355. The summed E-state index contributed by atoms with van der Waals surface area (Å²) < 4.78 is 11.1. The maximum absolute atomic E-state index is 6.08. The zero-order valence-electron chi connectivity index (χ0n) is 13.5. The van der Waals surface area contributed by atoms with Crippen LogP contribution in [0.5, 0.6) is 11.5 Å². The molecule has 4 heteroatoms. The molecule has 118 valence electrons. The second-order valence-corrected chi connectivity index (χ2v) is 5.47. The van der Waals surface area contributed by atoms with Crippen molar-refractivity contribution in [2.45, 2.75) is 13.0 Å². The molecular weight excluding hydrogens is 288 g/mol. The van der Waals surface area contributed by atoms with Gasteiger partial charge in [-0.25, -0.2) is 0 Å². The summed E-state index contributed by atoms with van der Waals surface area (Å²) in [7, 11) is 3.28. The quantitative estimate of drug-likeness (QED) is 0.793. The van der Waals surface area contributed by atoms with E-state index in [1.165, 1.54) is 0 Å². The monoisotopic (exact) mass is 308 g/mol. The molecule has 0 aliphatic heterocycles. The molecule has 3 rings (SSSR count). The Morgan fingerprint density at radius 2 is 1.78 bits per heavy atom. The molecule has 2 N–H and O–H groups in total. The number of hydrogen-bond donors (Lipinski definition) is 1. The Bertz CT molecular complexity index is 839. The number of methoxy groups -OCH3 is 2. The van der Waals surface area contributed by atoms with Crippen LogP contribution in [0, 0.1) is 0 Å². The molecule has 1 heterocycles. The largest absolute Gasteiger partial charge is 0.493 e. The Morgan fingerprint density at radius 1 is 1.00 bits per heavy atom. The van der Waals surface area contributed by atoms with Crippen LogP contribution in [0.4, 0.5) is 0 Å². The molecule has 0 aliphatic carbocycles. The molecule has 0 radical (unpaired) electrons. The van der Waals surface area contributed by atoms with E-state index in [2.05, 4.69) is 11.1 Å². The number of benzene rings is 2. The van der Waals surface area contributed by atoms with Gasteiger partial charge in [0, 0.05) is 28.8 Å². The minimum atomic E-state index is -0.100. The van der Waals surface area contributed by atoms with E-state index in [0.717, 1.165) is 27.6 Å². The van der Waals surface area contributed by atoms with Crippen molar-refractivity contribution >= 4 is 10.9 Å². The fraction of sp³-hybridized carbons (Fsp3) is 0.211. The Balaban J connectivity index is 2.35. The van der Waals surface area contributed by atoms with Gasteiger partial charge < -0.3 is 15.2 Å². The van der Waals surface area contributed by atoms with Gasteiger partial charge in [-0.2, -0.15) is 0 Å². The summed E-state index contributed by atoms with van der Waals surface area (Å²) in [6, 6.07) is 14.0. The summed E-state index contributed by atoms with van der Waals surface area (Å²) in [5.41, 5.74) is 9.93. The predicted molar refractivity (Wildman–Crippen MR) is 92.9 cm³/mol. The molecule has 3 aromatic rings. The lowest BCUT2D eigenvalue weighted by atomic mass is 9.96. The molecule has 0 bridgehead atoms. The van der Waals surface area contributed by atoms with Crippen LogP contribution in [-0.4, -0.2) is 19.2 Å². The number of para-hydroxylation sites is 1. The maximum Gasteiger partial charge on any atom is 0.168 e. The number of nitrogens with two attached hydrogens (primary N) is 1. The van der Waals surface area contributed by atoms with Gasteiger partial charge in [-0.1, -0.05) is 24.3 Å². The topological polar surface area (TPSA) is 57.4 Å². The summed E-state index contributed by atoms with van der Waals surface area (Å²) in [4.78, 5) is 4.54. The van der Waals surface area contributed by atoms with Crippen molar-refractivity contribution in [3.8, 4) is 22.6 Å². The van der Waals surface area contributed by atoms with E-state index in [1.807, 2.05) is 43.3 Å². The minimum absolute atomic E-state index is 0.100. The van der Waals surface area contributed by atoms with E-state index < -0.39 is 0 Å². The highest BCUT2D eigenvalue weighted by atomic mass is 16.5. The number of rotatable bonds is 4. The van der Waals surface area contributed by atoms with E-state index in [0.29, 0.717) is 11.5 Å². The van der Waals surface area contributed by atoms with Crippen molar-refractivity contribution in [3.05, 3.63) is 54.2 Å². The van der Waals surface area contributed by atoms with Crippen LogP contribution >= 0.6 is 0 Å². The second-order valence-electron chi connectivity index (χ2n) is 5.47. The van der Waals surface area contributed by atoms with Gasteiger partial charge in [0.25, 0.3) is 0 Å². The molecular formula is C19H20N2O2. The lowest BCUT2D eigenvalue weighted by Crippen LogP contribution is -2.06. The molecule has 0 saturated heterocycles. The highest BCUT2D eigenvalue weighted by Gasteiger charge is 2.17. The lowest BCUT2D eigenvalue weighted by Gasteiger charge is -2.17. The third-order valence-corrected chi connectivity index (χ3v) is 3.95. The zero-order valence-corrected chi connectivity index (χ0v) is 13.5. The fourth-order valence-electron chi connectivity index (χ4n) is 2.77. The molecule has 1 unspecified atom stereocenters. The van der Waals surface area contributed by atoms with Crippen molar-refractivity contribution < 1.29 is 9.47 Å². The van der Waals surface area contributed by atoms with E-state index in [9.17, 15) is 0 Å². The first-order valence-corrected chi connectivity index (χ1v) is 7.51. The average molecular weight is 308 g/mol. The van der Waals surface area contributed by atoms with E-state index >= 15 is 0 Å². The third kappa shape index (κ3) is 2.73. The molecule has 0 amide bonds. The number of aromatic nitrogens is 1. The van der Waals surface area contributed by atoms with E-state index in [4.69, 9.17) is 15.2 Å². The summed E-state index contributed by atoms with van der Waals surface area (Å²) in [6.45, 7) is 1.95. The smallest absolute Gasteiger partial charge is 0.168 e. The number of pyridine rings is 1. The summed E-state index contributed by atoms with van der Waals surface area (Å²) in [5.74, 6) is 1.36. The van der Waals surface area contributed by atoms with Crippen LogP contribution in [0.3, 0.4) is 0 Å². The molecule has 1 aromatic heterocycles. The number of hydrogen-bond acceptors (Lipinski definition) is 4. The standard InChI is InChI=1S/C19H20N2O2/c1-12(20)14-10-16(19(23-3)17(11-14)22-2)15-8-4-6-13-7-5-9-21-18(13)15/h4-12H,20H2,1-3H3. The van der Waals surface area contributed by atoms with Crippen LogP contribution < -0.4 is 15.2 Å². The van der Waals surface area contributed by atoms with Crippen molar-refractivity contribution in [2.75, 3.05) is 14.2 Å². The molecule has 0 saturated carbocycles. The molecule has 0 aliphatic rings. The van der Waals surface area contributed by atoms with Gasteiger partial charge in [-0.15, -0.1) is 0 Å². The fourth-order valence-corrected chi connectivity index (χ4v) is 2.77. The molecule has 23 heavy (non-hydrogen) atoms. The van der Waals surface area contributed by atoms with Gasteiger partial charge >= 0.3 is 0 Å². The van der Waals surface area contributed by atoms with Crippen molar-refractivity contribution in [1.29, 1.82) is 0 Å². The third-order valence-electron chi connectivity index (χ3n) is 3.95. The normalized spacial score (nSPS) is 12.2. The first kappa shape index (κ1) is 15.3. The van der Waals surface area contributed by atoms with Gasteiger partial charge in [0.2, 0.25) is 0 Å². The summed E-state index contributed by atoms with van der Waals surface area (Å²) >= 11 is 0. The van der Waals surface area contributed by atoms with Crippen molar-refractivity contribution in [2.24, 2.45) is 5.73 Å². The summed E-state index contributed by atoms with van der Waals surface area (Å²) in [5, 5.41) is 1.08. The van der Waals surface area contributed by atoms with Gasteiger partial charge in [-0.05, 0) is 30.7 Å². The van der Waals surface area contributed by atoms with Crippen molar-refractivity contribution in [3.63, 3.8) is 0 Å². The molecule has 0 spiro atoms. The predicted octanol–water partition coefficient (Wildman–Crippen LogP) is 3.94. The van der Waals surface area contributed by atoms with E-state index in [-0.39, 0.29) is 6.04 Å². The number of fused-ring (bicyclic) bond motifs is 1. The highest BCUT2D eigenvalue weighted by molar-refractivity contribution is 5.95. The Morgan fingerprint density at radius 3 is 2.48 bits per heavy atom. The van der Waals surface area contributed by atoms with Gasteiger partial charge in [0.1, 0.15) is 0 Å². The molecule has 0 fully saturated rings. The van der Waals surface area contributed by atoms with Crippen LogP contribution in [0.25, 0.3) is 22.0 Å². The molecule has 4 nitrogen and oxygen atoms in total. The van der Waals surface area contributed by atoms with Crippen LogP contribution in [0.1, 0.15) is 18.5 Å². The van der Waals surface area contributed by atoms with E-state index in [1.54, 1.807) is 20.4 Å². The van der Waals surface area contributed by atoms with Crippen LogP contribution in [-0.2, 0) is 0 Å². The van der Waals surface area contributed by atoms with Gasteiger partial charge in [0.15, 0.2) is 11.5 Å². The van der Waals surface area contributed by atoms with Crippen molar-refractivity contribution in [1.82, 2.24) is 4.98 Å². The van der Waals surface area contributed by atoms with Gasteiger partial charge in [-0.3, -0.25) is 4.98 Å². The van der Waals surface area contributed by atoms with Gasteiger partial charge in [0.05, 0.1) is 19.7 Å². The molecule has 2 aromatic carbocycles. The van der Waals surface area contributed by atoms with Crippen LogP contribution in [0.15, 0.2) is 48.7 Å². The van der Waals surface area contributed by atoms with Crippen LogP contribution in [0.2, 0.25) is 0 Å². The summed E-state index contributed by atoms with van der Waals surface area (Å²) in [6.07, 6.45) is 1.80. The maximum atomic E-state index is 6.08. The first-order chi connectivity index (χ1) is 11.2. The molecule has 1 atom stereocenters. The zero-order chi connectivity index (χ0) is 16.4. The highest BCUT2D eigenvalue weighted by Crippen LogP contribution is 2.42. The second kappa shape index (κ2) is 6.26. The number of ether oxygens (including phenoxy) is 2. The Hall–Kier alpha value is -2.59. The number of nitrogens with zero attached hydrogens (tertiary/aromatic N) is 1. The first-order valence-electron chi connectivity index (χ1n) is 7.51. The minimum Gasteiger partial charge on any atom is -0.493 e.